The summed E-state index contributed by atoms with van der Waals surface area (Å²) in [6, 6.07) is 20.9. The molecule has 0 bridgehead atoms. The summed E-state index contributed by atoms with van der Waals surface area (Å²) in [6.07, 6.45) is 0.857. The fourth-order valence-electron chi connectivity index (χ4n) is 3.09. The van der Waals surface area contributed by atoms with Gasteiger partial charge in [0, 0.05) is 6.54 Å². The molecule has 0 saturated carbocycles. The summed E-state index contributed by atoms with van der Waals surface area (Å²) in [7, 11) is 0. The van der Waals surface area contributed by atoms with Gasteiger partial charge in [-0.3, -0.25) is 0 Å². The molecule has 29 heavy (non-hydrogen) atoms. The van der Waals surface area contributed by atoms with Crippen LogP contribution in [-0.4, -0.2) is 13.2 Å². The van der Waals surface area contributed by atoms with Crippen LogP contribution in [0.2, 0.25) is 0 Å². The molecule has 4 heteroatoms. The minimum atomic E-state index is -0.199. The first-order valence-corrected chi connectivity index (χ1v) is 10.0. The van der Waals surface area contributed by atoms with Crippen molar-refractivity contribution in [2.24, 2.45) is 0 Å². The average Bonchev–Trinajstić information content (AvgIpc) is 2.73. The molecule has 0 aromatic heterocycles. The lowest BCUT2D eigenvalue weighted by atomic mass is 10.1. The summed E-state index contributed by atoms with van der Waals surface area (Å²) in [4.78, 5) is 0. The zero-order valence-electron chi connectivity index (χ0n) is 17.1. The maximum absolute atomic E-state index is 13.0. The fraction of sp³-hybridized carbons (Fsp3) is 0.280. The standard InChI is InChI=1S/C25H28FNO2/c1-3-28-25-16-21(17-27-15-14-20-8-11-23(26)12-9-20)10-13-24(25)29-18-22-7-5-4-6-19(22)2/h4-13,16,27H,3,14-15,17-18H2,1-2H3. The van der Waals surface area contributed by atoms with Gasteiger partial charge >= 0.3 is 0 Å². The Morgan fingerprint density at radius 1 is 0.862 bits per heavy atom. The molecule has 3 rings (SSSR count). The van der Waals surface area contributed by atoms with E-state index in [1.165, 1.54) is 23.3 Å². The summed E-state index contributed by atoms with van der Waals surface area (Å²) < 4.78 is 24.8. The molecule has 0 fully saturated rings. The highest BCUT2D eigenvalue weighted by Crippen LogP contribution is 2.29. The van der Waals surface area contributed by atoms with E-state index in [-0.39, 0.29) is 5.82 Å². The normalized spacial score (nSPS) is 10.7. The predicted molar refractivity (Wildman–Crippen MR) is 115 cm³/mol. The van der Waals surface area contributed by atoms with Crippen LogP contribution in [0.5, 0.6) is 11.5 Å². The van der Waals surface area contributed by atoms with Crippen LogP contribution in [-0.2, 0) is 19.6 Å². The smallest absolute Gasteiger partial charge is 0.161 e. The van der Waals surface area contributed by atoms with Crippen LogP contribution in [0, 0.1) is 12.7 Å². The molecule has 0 unspecified atom stereocenters. The Morgan fingerprint density at radius 2 is 1.62 bits per heavy atom. The van der Waals surface area contributed by atoms with Crippen molar-refractivity contribution in [2.45, 2.75) is 33.4 Å². The van der Waals surface area contributed by atoms with E-state index in [0.29, 0.717) is 13.2 Å². The van der Waals surface area contributed by atoms with E-state index in [0.717, 1.165) is 42.1 Å². The van der Waals surface area contributed by atoms with Gasteiger partial charge in [-0.15, -0.1) is 0 Å². The van der Waals surface area contributed by atoms with Gasteiger partial charge < -0.3 is 14.8 Å². The molecular formula is C25H28FNO2. The summed E-state index contributed by atoms with van der Waals surface area (Å²) in [5.41, 5.74) is 4.64. The Labute approximate surface area is 172 Å². The Balaban J connectivity index is 1.55. The molecular weight excluding hydrogens is 365 g/mol. The van der Waals surface area contributed by atoms with Crippen LogP contribution in [0.15, 0.2) is 66.7 Å². The number of nitrogens with one attached hydrogen (secondary N) is 1. The second kappa shape index (κ2) is 10.6. The van der Waals surface area contributed by atoms with Gasteiger partial charge in [0.05, 0.1) is 6.61 Å². The monoisotopic (exact) mass is 393 g/mol. The van der Waals surface area contributed by atoms with Gasteiger partial charge in [0.2, 0.25) is 0 Å². The van der Waals surface area contributed by atoms with Gasteiger partial charge in [-0.2, -0.15) is 0 Å². The van der Waals surface area contributed by atoms with Crippen molar-refractivity contribution >= 4 is 0 Å². The van der Waals surface area contributed by atoms with Crippen molar-refractivity contribution in [3.63, 3.8) is 0 Å². The number of aryl methyl sites for hydroxylation is 1. The van der Waals surface area contributed by atoms with Gasteiger partial charge in [-0.1, -0.05) is 42.5 Å². The molecule has 1 N–H and O–H groups in total. The second-order valence-electron chi connectivity index (χ2n) is 6.98. The molecule has 3 aromatic carbocycles. The first-order chi connectivity index (χ1) is 14.2. The summed E-state index contributed by atoms with van der Waals surface area (Å²) in [6.45, 7) is 6.71. The highest BCUT2D eigenvalue weighted by molar-refractivity contribution is 5.43. The van der Waals surface area contributed by atoms with Gasteiger partial charge in [-0.05, 0) is 73.3 Å². The molecule has 0 heterocycles. The average molecular weight is 394 g/mol. The first kappa shape index (κ1) is 20.9. The lowest BCUT2D eigenvalue weighted by Gasteiger charge is -2.14. The quantitative estimate of drug-likeness (QED) is 0.465. The topological polar surface area (TPSA) is 30.5 Å². The van der Waals surface area contributed by atoms with Crippen molar-refractivity contribution in [3.05, 3.63) is 94.8 Å². The van der Waals surface area contributed by atoms with Crippen LogP contribution in [0.25, 0.3) is 0 Å². The SMILES string of the molecule is CCOc1cc(CNCCc2ccc(F)cc2)ccc1OCc1ccccc1C. The molecule has 0 amide bonds. The maximum Gasteiger partial charge on any atom is 0.161 e. The van der Waals surface area contributed by atoms with Crippen molar-refractivity contribution < 1.29 is 13.9 Å². The third-order valence-electron chi connectivity index (χ3n) is 4.79. The molecule has 152 valence electrons. The van der Waals surface area contributed by atoms with E-state index < -0.39 is 0 Å². The third-order valence-corrected chi connectivity index (χ3v) is 4.79. The van der Waals surface area contributed by atoms with Crippen LogP contribution < -0.4 is 14.8 Å². The van der Waals surface area contributed by atoms with Crippen molar-refractivity contribution in [2.75, 3.05) is 13.2 Å². The lowest BCUT2D eigenvalue weighted by molar-refractivity contribution is 0.268. The third kappa shape index (κ3) is 6.33. The number of rotatable bonds is 10. The van der Waals surface area contributed by atoms with Gasteiger partial charge in [0.15, 0.2) is 11.5 Å². The number of halogens is 1. The molecule has 0 aliphatic carbocycles. The highest BCUT2D eigenvalue weighted by atomic mass is 19.1. The van der Waals surface area contributed by atoms with Gasteiger partial charge in [0.1, 0.15) is 12.4 Å². The van der Waals surface area contributed by atoms with E-state index in [9.17, 15) is 4.39 Å². The highest BCUT2D eigenvalue weighted by Gasteiger charge is 2.08. The Morgan fingerprint density at radius 3 is 2.38 bits per heavy atom. The largest absolute Gasteiger partial charge is 0.490 e. The molecule has 0 spiro atoms. The van der Waals surface area contributed by atoms with Gasteiger partial charge in [-0.25, -0.2) is 4.39 Å². The summed E-state index contributed by atoms with van der Waals surface area (Å²) in [5.74, 6) is 1.32. The molecule has 0 atom stereocenters. The number of benzene rings is 3. The lowest BCUT2D eigenvalue weighted by Crippen LogP contribution is -2.16. The van der Waals surface area contributed by atoms with Crippen LogP contribution in [0.1, 0.15) is 29.2 Å². The maximum atomic E-state index is 13.0. The number of ether oxygens (including phenoxy) is 2. The van der Waals surface area contributed by atoms with E-state index in [2.05, 4.69) is 30.4 Å². The molecule has 0 saturated heterocycles. The van der Waals surface area contributed by atoms with Crippen molar-refractivity contribution in [1.29, 1.82) is 0 Å². The van der Waals surface area contributed by atoms with Crippen molar-refractivity contribution in [1.82, 2.24) is 5.32 Å². The van der Waals surface area contributed by atoms with E-state index >= 15 is 0 Å². The van der Waals surface area contributed by atoms with Crippen LogP contribution in [0.4, 0.5) is 4.39 Å². The van der Waals surface area contributed by atoms with Crippen LogP contribution in [0.3, 0.4) is 0 Å². The molecule has 0 radical (unpaired) electrons. The zero-order chi connectivity index (χ0) is 20.5. The molecule has 3 aromatic rings. The Hall–Kier alpha value is -2.85. The minimum absolute atomic E-state index is 0.199. The van der Waals surface area contributed by atoms with E-state index in [1.807, 2.05) is 43.3 Å². The molecule has 0 aliphatic heterocycles. The number of hydrogen-bond donors (Lipinski definition) is 1. The van der Waals surface area contributed by atoms with E-state index in [4.69, 9.17) is 9.47 Å². The minimum Gasteiger partial charge on any atom is -0.490 e. The predicted octanol–water partition coefficient (Wildman–Crippen LogP) is 5.44. The second-order valence-corrected chi connectivity index (χ2v) is 6.98. The number of hydrogen-bond acceptors (Lipinski definition) is 3. The fourth-order valence-corrected chi connectivity index (χ4v) is 3.09. The Kier molecular flexibility index (Phi) is 7.65. The van der Waals surface area contributed by atoms with Gasteiger partial charge in [0.25, 0.3) is 0 Å². The molecule has 3 nitrogen and oxygen atoms in total. The summed E-state index contributed by atoms with van der Waals surface area (Å²) in [5, 5.41) is 3.43. The van der Waals surface area contributed by atoms with E-state index in [1.54, 1.807) is 0 Å². The summed E-state index contributed by atoms with van der Waals surface area (Å²) >= 11 is 0. The Bertz CT molecular complexity index is 909. The first-order valence-electron chi connectivity index (χ1n) is 10.0. The zero-order valence-corrected chi connectivity index (χ0v) is 17.1. The molecule has 0 aliphatic rings. The van der Waals surface area contributed by atoms with Crippen molar-refractivity contribution in [3.8, 4) is 11.5 Å². The van der Waals surface area contributed by atoms with Crippen LogP contribution >= 0.6 is 0 Å².